The molecule has 2 aliphatic heterocycles. The molecule has 2 fully saturated rings. The number of methoxy groups -OCH3 is 1. The topological polar surface area (TPSA) is 181 Å². The maximum atomic E-state index is 15.5. The predicted octanol–water partition coefficient (Wildman–Crippen LogP) is 6.00. The Morgan fingerprint density at radius 1 is 0.885 bits per heavy atom. The molecule has 2 aromatic carbocycles. The van der Waals surface area contributed by atoms with Crippen LogP contribution in [0.3, 0.4) is 0 Å². The van der Waals surface area contributed by atoms with Crippen molar-refractivity contribution in [3.8, 4) is 5.75 Å². The number of ketones is 1. The molecule has 9 atom stereocenters. The fourth-order valence-corrected chi connectivity index (χ4v) is 9.49. The number of aryl methyl sites for hydroxylation is 1. The minimum absolute atomic E-state index is 0.0187. The fourth-order valence-electron chi connectivity index (χ4n) is 9.49. The zero-order valence-electron chi connectivity index (χ0n) is 37.5. The summed E-state index contributed by atoms with van der Waals surface area (Å²) in [6.45, 7) is 14.6. The number of fused-ring (bicyclic) bond motifs is 4. The number of phenolic OH excluding ortho intramolecular Hbond substituents is 1. The lowest BCUT2D eigenvalue weighted by Gasteiger charge is -2.51. The number of aromatic hydroxyl groups is 1. The molecule has 0 saturated carbocycles. The molecule has 0 spiro atoms. The highest BCUT2D eigenvalue weighted by atomic mass is 16.7. The Morgan fingerprint density at radius 2 is 1.52 bits per heavy atom. The van der Waals surface area contributed by atoms with E-state index < -0.39 is 88.9 Å². The monoisotopic (exact) mass is 846 g/mol. The summed E-state index contributed by atoms with van der Waals surface area (Å²) in [6, 6.07) is 4.20. The van der Waals surface area contributed by atoms with Gasteiger partial charge in [0.25, 0.3) is 5.79 Å². The smallest absolute Gasteiger partial charge is 0.305 e. The van der Waals surface area contributed by atoms with Crippen molar-refractivity contribution in [1.29, 1.82) is 0 Å². The molecule has 15 heteroatoms. The van der Waals surface area contributed by atoms with Gasteiger partial charge in [0.05, 0.1) is 52.5 Å². The third-order valence-electron chi connectivity index (χ3n) is 12.8. The number of rotatable bonds is 9. The molecule has 2 saturated heterocycles. The molecule has 3 heterocycles. The first-order valence-corrected chi connectivity index (χ1v) is 20.5. The van der Waals surface area contributed by atoms with E-state index in [0.717, 1.165) is 0 Å². The van der Waals surface area contributed by atoms with E-state index in [1.807, 2.05) is 44.9 Å². The van der Waals surface area contributed by atoms with Crippen LogP contribution < -0.4 is 5.43 Å². The molecule has 1 N–H and O–H groups in total. The summed E-state index contributed by atoms with van der Waals surface area (Å²) in [7, 11) is 8.71. The van der Waals surface area contributed by atoms with E-state index in [0.29, 0.717) is 16.7 Å². The number of carbonyl (C=O) groups is 4. The third-order valence-corrected chi connectivity index (χ3v) is 12.8. The number of ether oxygens (including phenoxy) is 6. The Labute approximate surface area is 355 Å². The molecule has 0 amide bonds. The van der Waals surface area contributed by atoms with Crippen LogP contribution >= 0.6 is 0 Å². The largest absolute Gasteiger partial charge is 0.507 e. The average Bonchev–Trinajstić information content (AvgIpc) is 3.17. The lowest BCUT2D eigenvalue weighted by molar-refractivity contribution is -0.208. The number of nitrogens with zero attached hydrogens (tertiary/aromatic N) is 2. The summed E-state index contributed by atoms with van der Waals surface area (Å²) < 4.78 is 44.0. The minimum atomic E-state index is -2.38. The Bertz CT molecular complexity index is 2380. The van der Waals surface area contributed by atoms with Crippen LogP contribution in [-0.2, 0) is 48.6 Å². The number of benzene rings is 2. The van der Waals surface area contributed by atoms with Crippen LogP contribution in [0.5, 0.6) is 5.75 Å². The van der Waals surface area contributed by atoms with E-state index in [1.54, 1.807) is 52.8 Å². The van der Waals surface area contributed by atoms with E-state index >= 15 is 4.79 Å². The molecule has 0 radical (unpaired) electrons. The van der Waals surface area contributed by atoms with Crippen LogP contribution in [0.25, 0.3) is 16.5 Å². The summed E-state index contributed by atoms with van der Waals surface area (Å²) in [5.41, 5.74) is -0.0139. The number of hydrogen-bond acceptors (Lipinski definition) is 15. The molecule has 3 aliphatic rings. The van der Waals surface area contributed by atoms with Crippen LogP contribution in [0, 0.1) is 6.92 Å². The van der Waals surface area contributed by atoms with E-state index in [2.05, 4.69) is 0 Å². The molecule has 1 aliphatic carbocycles. The number of carbonyl (C=O) groups excluding carboxylic acids is 4. The second-order valence-electron chi connectivity index (χ2n) is 17.1. The van der Waals surface area contributed by atoms with Gasteiger partial charge in [-0.05, 0) is 111 Å². The van der Waals surface area contributed by atoms with E-state index in [4.69, 9.17) is 32.8 Å². The summed E-state index contributed by atoms with van der Waals surface area (Å²) >= 11 is 0. The summed E-state index contributed by atoms with van der Waals surface area (Å²) in [5.74, 6) is -4.99. The second-order valence-corrected chi connectivity index (χ2v) is 17.1. The van der Waals surface area contributed by atoms with Gasteiger partial charge in [0.2, 0.25) is 0 Å². The van der Waals surface area contributed by atoms with Crippen LogP contribution in [0.1, 0.15) is 130 Å². The summed E-state index contributed by atoms with van der Waals surface area (Å²) in [5, 5.41) is 13.1. The predicted molar refractivity (Wildman–Crippen MR) is 224 cm³/mol. The standard InChI is InChI=1S/C46H58N2O13/c1-15-21(2)33-19-32(52)36-22(3)16-30-38(43(36)60-33)46(55-14,61-27(8)51)39-37(40(30)53)28(34-18-31(47(10)11)42(23(4)56-34)58-25(6)49)17-29(41(39)54)35-20-45(9,48(12)13)44(24(5)57-35)59-26(7)50/h15-17,19,23-24,31,34-35,42,44,54H,18,20H2,1-14H3/t23-,24+,31-,34-,35-,42-,44-,45+,46+/m1/s1. The molecule has 6 rings (SSSR count). The third kappa shape index (κ3) is 7.68. The van der Waals surface area contributed by atoms with Crippen LogP contribution in [0.15, 0.2) is 33.5 Å². The first kappa shape index (κ1) is 45.6. The molecule has 15 nitrogen and oxygen atoms in total. The first-order chi connectivity index (χ1) is 28.5. The van der Waals surface area contributed by atoms with Gasteiger partial charge in [-0.3, -0.25) is 24.0 Å². The fraction of sp³-hybridized carbons (Fsp3) is 0.543. The second kappa shape index (κ2) is 16.7. The van der Waals surface area contributed by atoms with Gasteiger partial charge in [0, 0.05) is 50.6 Å². The quantitative estimate of drug-likeness (QED) is 0.150. The molecular weight excluding hydrogens is 789 g/mol. The van der Waals surface area contributed by atoms with Crippen LogP contribution in [-0.4, -0.2) is 110 Å². The number of hydrogen-bond donors (Lipinski definition) is 1. The molecule has 0 unspecified atom stereocenters. The summed E-state index contributed by atoms with van der Waals surface area (Å²) in [6.07, 6.45) is -2.33. The molecule has 0 bridgehead atoms. The normalized spacial score (nSPS) is 29.0. The van der Waals surface area contributed by atoms with Crippen molar-refractivity contribution in [2.24, 2.45) is 0 Å². The van der Waals surface area contributed by atoms with Gasteiger partial charge in [-0.2, -0.15) is 0 Å². The Hall–Kier alpha value is -4.93. The van der Waals surface area contributed by atoms with E-state index in [-0.39, 0.29) is 57.4 Å². The molecule has 3 aromatic rings. The Balaban J connectivity index is 1.74. The highest BCUT2D eigenvalue weighted by Crippen LogP contribution is 2.56. The highest BCUT2D eigenvalue weighted by molar-refractivity contribution is 6.17. The van der Waals surface area contributed by atoms with E-state index in [9.17, 15) is 24.3 Å². The maximum Gasteiger partial charge on any atom is 0.305 e. The van der Waals surface area contributed by atoms with Crippen molar-refractivity contribution in [2.75, 3.05) is 35.3 Å². The van der Waals surface area contributed by atoms with E-state index in [1.165, 1.54) is 33.9 Å². The van der Waals surface area contributed by atoms with Gasteiger partial charge in [0.15, 0.2) is 11.2 Å². The van der Waals surface area contributed by atoms with Gasteiger partial charge in [-0.15, -0.1) is 0 Å². The van der Waals surface area contributed by atoms with Gasteiger partial charge >= 0.3 is 17.9 Å². The minimum Gasteiger partial charge on any atom is -0.507 e. The summed E-state index contributed by atoms with van der Waals surface area (Å²) in [4.78, 5) is 71.4. The zero-order chi connectivity index (χ0) is 45.2. The van der Waals surface area contributed by atoms with Crippen molar-refractivity contribution in [3.05, 3.63) is 79.2 Å². The highest BCUT2D eigenvalue weighted by Gasteiger charge is 2.56. The van der Waals surface area contributed by atoms with Crippen LogP contribution in [0.2, 0.25) is 0 Å². The van der Waals surface area contributed by atoms with Gasteiger partial charge in [-0.25, -0.2) is 0 Å². The average molecular weight is 847 g/mol. The number of phenols is 1. The zero-order valence-corrected chi connectivity index (χ0v) is 37.5. The molecule has 1 aromatic heterocycles. The number of likely N-dealkylation sites (N-methyl/N-ethyl adjacent to an activating group) is 2. The molecular formula is C46H58N2O13. The molecule has 330 valence electrons. The first-order valence-electron chi connectivity index (χ1n) is 20.5. The van der Waals surface area contributed by atoms with Crippen LogP contribution in [0.4, 0.5) is 0 Å². The van der Waals surface area contributed by atoms with Crippen molar-refractivity contribution < 1.29 is 57.1 Å². The van der Waals surface area contributed by atoms with Crippen molar-refractivity contribution in [3.63, 3.8) is 0 Å². The van der Waals surface area contributed by atoms with Crippen molar-refractivity contribution >= 4 is 40.2 Å². The Kier molecular flexibility index (Phi) is 12.5. The van der Waals surface area contributed by atoms with Gasteiger partial charge in [0.1, 0.15) is 29.3 Å². The number of esters is 3. The lowest BCUT2D eigenvalue weighted by Crippen LogP contribution is -2.61. The molecule has 61 heavy (non-hydrogen) atoms. The van der Waals surface area contributed by atoms with Gasteiger partial charge in [-0.1, -0.05) is 6.08 Å². The van der Waals surface area contributed by atoms with Gasteiger partial charge < -0.3 is 47.7 Å². The number of allylic oxidation sites excluding steroid dienone is 2. The Morgan fingerprint density at radius 3 is 2.08 bits per heavy atom. The SMILES string of the molecule is CC=C(C)c1cc(=O)c2c(C)cc3c(c2o1)[C@](OC)(OC(C)=O)c1c(O)c([C@H]2C[C@](C)(N(C)C)[C@H](OC(C)=O)[C@H](C)O2)cc([C@H]2C[C@@H](N(C)C)[C@H](OC(C)=O)[C@@H](C)O2)c1C3=O. The van der Waals surface area contributed by atoms with Crippen molar-refractivity contribution in [1.82, 2.24) is 9.80 Å². The lowest BCUT2D eigenvalue weighted by atomic mass is 9.72. The maximum absolute atomic E-state index is 15.5. The van der Waals surface area contributed by atoms with Crippen molar-refractivity contribution in [2.45, 2.75) is 129 Å².